The molecule has 104 valence electrons. The molecule has 0 unspecified atom stereocenters. The van der Waals surface area contributed by atoms with E-state index in [9.17, 15) is 4.39 Å². The molecule has 0 atom stereocenters. The predicted molar refractivity (Wildman–Crippen MR) is 76.1 cm³/mol. The molecule has 0 saturated carbocycles. The normalized spacial score (nSPS) is 17.6. The summed E-state index contributed by atoms with van der Waals surface area (Å²) >= 11 is 1.97. The smallest absolute Gasteiger partial charge is 0.170 e. The fourth-order valence-corrected chi connectivity index (χ4v) is 3.23. The predicted octanol–water partition coefficient (Wildman–Crippen LogP) is 1.91. The minimum atomic E-state index is -0.375. The van der Waals surface area contributed by atoms with Crippen molar-refractivity contribution in [3.63, 3.8) is 0 Å². The Morgan fingerprint density at radius 2 is 2.16 bits per heavy atom. The maximum absolute atomic E-state index is 13.5. The second kappa shape index (κ2) is 6.77. The highest BCUT2D eigenvalue weighted by Crippen LogP contribution is 2.17. The van der Waals surface area contributed by atoms with Gasteiger partial charge in [0, 0.05) is 18.2 Å². The third-order valence-corrected chi connectivity index (χ3v) is 4.23. The Balaban J connectivity index is 2.01. The van der Waals surface area contributed by atoms with Crippen molar-refractivity contribution in [3.05, 3.63) is 35.1 Å². The van der Waals surface area contributed by atoms with Crippen LogP contribution in [0.4, 0.5) is 4.39 Å². The monoisotopic (exact) mass is 283 g/mol. The number of thioether (sulfide) groups is 1. The van der Waals surface area contributed by atoms with Gasteiger partial charge in [-0.15, -0.1) is 0 Å². The summed E-state index contributed by atoms with van der Waals surface area (Å²) in [5, 5.41) is 14.9. The Morgan fingerprint density at radius 1 is 1.42 bits per heavy atom. The maximum Gasteiger partial charge on any atom is 0.170 e. The third kappa shape index (κ3) is 4.11. The van der Waals surface area contributed by atoms with Gasteiger partial charge in [0.15, 0.2) is 5.84 Å². The maximum atomic E-state index is 13.5. The molecule has 19 heavy (non-hydrogen) atoms. The largest absolute Gasteiger partial charge is 0.409 e. The van der Waals surface area contributed by atoms with Crippen LogP contribution < -0.4 is 11.1 Å². The van der Waals surface area contributed by atoms with Crippen LogP contribution in [0.3, 0.4) is 0 Å². The SMILES string of the molecule is N/C(=N/O)c1cc(F)cc(CNC2CCSCC2)c1. The Bertz CT molecular complexity index is 461. The van der Waals surface area contributed by atoms with Crippen molar-refractivity contribution >= 4 is 17.6 Å². The fraction of sp³-hybridized carbons (Fsp3) is 0.462. The molecule has 2 rings (SSSR count). The first kappa shape index (κ1) is 14.1. The number of nitrogens with one attached hydrogen (secondary N) is 1. The van der Waals surface area contributed by atoms with Crippen molar-refractivity contribution in [2.45, 2.75) is 25.4 Å². The number of benzene rings is 1. The summed E-state index contributed by atoms with van der Waals surface area (Å²) in [4.78, 5) is 0. The average molecular weight is 283 g/mol. The van der Waals surface area contributed by atoms with Gasteiger partial charge in [0.2, 0.25) is 0 Å². The van der Waals surface area contributed by atoms with Crippen LogP contribution in [-0.2, 0) is 6.54 Å². The molecule has 4 nitrogen and oxygen atoms in total. The lowest BCUT2D eigenvalue weighted by atomic mass is 10.1. The molecule has 4 N–H and O–H groups in total. The van der Waals surface area contributed by atoms with Gasteiger partial charge in [0.1, 0.15) is 5.82 Å². The Kier molecular flexibility index (Phi) is 5.04. The van der Waals surface area contributed by atoms with Crippen LogP contribution in [0.2, 0.25) is 0 Å². The summed E-state index contributed by atoms with van der Waals surface area (Å²) in [5.74, 6) is 1.90. The second-order valence-electron chi connectivity index (χ2n) is 4.60. The van der Waals surface area contributed by atoms with Crippen LogP contribution in [0.1, 0.15) is 24.0 Å². The molecule has 1 aliphatic heterocycles. The first-order valence-corrected chi connectivity index (χ1v) is 7.43. The Hall–Kier alpha value is -1.27. The van der Waals surface area contributed by atoms with Crippen molar-refractivity contribution in [1.29, 1.82) is 0 Å². The highest BCUT2D eigenvalue weighted by Gasteiger charge is 2.13. The standard InChI is InChI=1S/C13H18FN3OS/c14-11-6-9(5-10(7-11)13(15)17-18)8-16-12-1-3-19-4-2-12/h5-7,12,16,18H,1-4,8H2,(H2,15,17). The zero-order valence-electron chi connectivity index (χ0n) is 10.6. The molecule has 1 aromatic carbocycles. The van der Waals surface area contributed by atoms with Crippen LogP contribution in [-0.4, -0.2) is 28.6 Å². The minimum absolute atomic E-state index is 0.0742. The molecular weight excluding hydrogens is 265 g/mol. The zero-order chi connectivity index (χ0) is 13.7. The molecule has 0 bridgehead atoms. The van der Waals surface area contributed by atoms with Crippen LogP contribution in [0.25, 0.3) is 0 Å². The number of oxime groups is 1. The van der Waals surface area contributed by atoms with Crippen LogP contribution in [0, 0.1) is 5.82 Å². The molecule has 0 radical (unpaired) electrons. The van der Waals surface area contributed by atoms with Crippen molar-refractivity contribution in [1.82, 2.24) is 5.32 Å². The molecule has 1 aromatic rings. The second-order valence-corrected chi connectivity index (χ2v) is 5.83. The molecule has 0 amide bonds. The summed E-state index contributed by atoms with van der Waals surface area (Å²) < 4.78 is 13.5. The molecule has 1 aliphatic rings. The van der Waals surface area contributed by atoms with Gasteiger partial charge in [0.25, 0.3) is 0 Å². The summed E-state index contributed by atoms with van der Waals surface area (Å²) in [5.41, 5.74) is 6.69. The van der Waals surface area contributed by atoms with Gasteiger partial charge < -0.3 is 16.3 Å². The number of rotatable bonds is 4. The lowest BCUT2D eigenvalue weighted by molar-refractivity contribution is 0.318. The molecule has 0 aromatic heterocycles. The fourth-order valence-electron chi connectivity index (χ4n) is 2.12. The van der Waals surface area contributed by atoms with E-state index in [2.05, 4.69) is 10.5 Å². The van der Waals surface area contributed by atoms with E-state index >= 15 is 0 Å². The third-order valence-electron chi connectivity index (χ3n) is 3.18. The summed E-state index contributed by atoms with van der Waals surface area (Å²) in [6.45, 7) is 0.596. The van der Waals surface area contributed by atoms with Gasteiger partial charge in [-0.05, 0) is 48.1 Å². The number of nitrogens with two attached hydrogens (primary N) is 1. The van der Waals surface area contributed by atoms with Crippen LogP contribution in [0.15, 0.2) is 23.4 Å². The first-order chi connectivity index (χ1) is 9.19. The summed E-state index contributed by atoms with van der Waals surface area (Å²) in [7, 11) is 0. The molecule has 0 aliphatic carbocycles. The molecule has 1 saturated heterocycles. The average Bonchev–Trinajstić information content (AvgIpc) is 2.45. The van der Waals surface area contributed by atoms with Gasteiger partial charge in [0.05, 0.1) is 0 Å². The van der Waals surface area contributed by atoms with Crippen molar-refractivity contribution in [2.24, 2.45) is 10.9 Å². The Morgan fingerprint density at radius 3 is 2.84 bits per heavy atom. The molecule has 1 heterocycles. The van der Waals surface area contributed by atoms with Gasteiger partial charge in [-0.2, -0.15) is 11.8 Å². The summed E-state index contributed by atoms with van der Waals surface area (Å²) in [6.07, 6.45) is 2.29. The van der Waals surface area contributed by atoms with Crippen molar-refractivity contribution in [2.75, 3.05) is 11.5 Å². The zero-order valence-corrected chi connectivity index (χ0v) is 11.4. The number of amidine groups is 1. The molecule has 0 spiro atoms. The van der Waals surface area contributed by atoms with Crippen LogP contribution in [0.5, 0.6) is 0 Å². The van der Waals surface area contributed by atoms with E-state index in [4.69, 9.17) is 10.9 Å². The van der Waals surface area contributed by atoms with Gasteiger partial charge >= 0.3 is 0 Å². The molecule has 6 heteroatoms. The van der Waals surface area contributed by atoms with Gasteiger partial charge in [-0.3, -0.25) is 0 Å². The van der Waals surface area contributed by atoms with E-state index in [0.29, 0.717) is 18.2 Å². The lowest BCUT2D eigenvalue weighted by Crippen LogP contribution is -2.32. The van der Waals surface area contributed by atoms with Crippen molar-refractivity contribution < 1.29 is 9.60 Å². The van der Waals surface area contributed by atoms with E-state index in [0.717, 1.165) is 18.4 Å². The van der Waals surface area contributed by atoms with Gasteiger partial charge in [-0.25, -0.2) is 4.39 Å². The highest BCUT2D eigenvalue weighted by molar-refractivity contribution is 7.99. The number of nitrogens with zero attached hydrogens (tertiary/aromatic N) is 1. The van der Waals surface area contributed by atoms with Crippen molar-refractivity contribution in [3.8, 4) is 0 Å². The first-order valence-electron chi connectivity index (χ1n) is 6.27. The van der Waals surface area contributed by atoms with Gasteiger partial charge in [-0.1, -0.05) is 5.16 Å². The van der Waals surface area contributed by atoms with Crippen LogP contribution >= 0.6 is 11.8 Å². The highest BCUT2D eigenvalue weighted by atomic mass is 32.2. The van der Waals surface area contributed by atoms with E-state index in [1.807, 2.05) is 11.8 Å². The van der Waals surface area contributed by atoms with E-state index in [-0.39, 0.29) is 11.7 Å². The molecular formula is C13H18FN3OS. The lowest BCUT2D eigenvalue weighted by Gasteiger charge is -2.22. The van der Waals surface area contributed by atoms with E-state index in [1.54, 1.807) is 6.07 Å². The topological polar surface area (TPSA) is 70.6 Å². The Labute approximate surface area is 116 Å². The number of halogens is 1. The number of hydrogen-bond donors (Lipinski definition) is 3. The minimum Gasteiger partial charge on any atom is -0.409 e. The number of hydrogen-bond acceptors (Lipinski definition) is 4. The van der Waals surface area contributed by atoms with E-state index < -0.39 is 0 Å². The van der Waals surface area contributed by atoms with E-state index in [1.165, 1.54) is 23.6 Å². The quantitative estimate of drug-likeness (QED) is 0.342. The summed E-state index contributed by atoms with van der Waals surface area (Å²) in [6, 6.07) is 4.97. The molecule has 1 fully saturated rings.